The van der Waals surface area contributed by atoms with E-state index in [1.54, 1.807) is 0 Å². The van der Waals surface area contributed by atoms with Crippen LogP contribution in [0.4, 0.5) is 0 Å². The molecule has 2 nitrogen and oxygen atoms in total. The molecule has 0 aromatic carbocycles. The second-order valence-corrected chi connectivity index (χ2v) is 4.50. The predicted molar refractivity (Wildman–Crippen MR) is 57.0 cm³/mol. The molecule has 13 heavy (non-hydrogen) atoms. The molecule has 0 spiro atoms. The van der Waals surface area contributed by atoms with Crippen molar-refractivity contribution < 1.29 is 0 Å². The molecule has 0 fully saturated rings. The van der Waals surface area contributed by atoms with Crippen LogP contribution in [0, 0.1) is 0 Å². The summed E-state index contributed by atoms with van der Waals surface area (Å²) in [5.74, 6) is 1.89. The fourth-order valence-electron chi connectivity index (χ4n) is 2.16. The summed E-state index contributed by atoms with van der Waals surface area (Å²) in [5, 5.41) is 0. The number of aromatic nitrogens is 2. The van der Waals surface area contributed by atoms with Gasteiger partial charge in [0.1, 0.15) is 10.4 Å². The van der Waals surface area contributed by atoms with Crippen LogP contribution in [0.5, 0.6) is 0 Å². The maximum atomic E-state index is 4.54. The van der Waals surface area contributed by atoms with Gasteiger partial charge >= 0.3 is 0 Å². The Labute approximate surface area is 87.5 Å². The lowest BCUT2D eigenvalue weighted by atomic mass is 9.99. The molecule has 1 aliphatic heterocycles. The van der Waals surface area contributed by atoms with Gasteiger partial charge in [-0.25, -0.2) is 4.98 Å². The Morgan fingerprint density at radius 1 is 1.62 bits per heavy atom. The smallest absolute Gasteiger partial charge is 0.127 e. The second kappa shape index (κ2) is 3.45. The first-order valence-electron chi connectivity index (χ1n) is 4.98. The Kier molecular flexibility index (Phi) is 2.45. The summed E-state index contributed by atoms with van der Waals surface area (Å²) in [7, 11) is 0. The SMILES string of the molecule is CCc1nc(Br)c2n1CCCC2C. The summed E-state index contributed by atoms with van der Waals surface area (Å²) in [4.78, 5) is 4.54. The van der Waals surface area contributed by atoms with Gasteiger partial charge < -0.3 is 4.57 Å². The molecule has 0 saturated carbocycles. The summed E-state index contributed by atoms with van der Waals surface area (Å²) >= 11 is 3.55. The van der Waals surface area contributed by atoms with Crippen molar-refractivity contribution in [1.82, 2.24) is 9.55 Å². The maximum Gasteiger partial charge on any atom is 0.127 e. The summed E-state index contributed by atoms with van der Waals surface area (Å²) in [6.07, 6.45) is 3.63. The van der Waals surface area contributed by atoms with E-state index in [9.17, 15) is 0 Å². The Bertz CT molecular complexity index is 317. The second-order valence-electron chi connectivity index (χ2n) is 3.75. The van der Waals surface area contributed by atoms with Crippen LogP contribution >= 0.6 is 15.9 Å². The Morgan fingerprint density at radius 3 is 3.08 bits per heavy atom. The fraction of sp³-hybridized carbons (Fsp3) is 0.700. The predicted octanol–water partition coefficient (Wildman–Crippen LogP) is 3.11. The Morgan fingerprint density at radius 2 is 2.38 bits per heavy atom. The summed E-state index contributed by atoms with van der Waals surface area (Å²) < 4.78 is 3.45. The minimum Gasteiger partial charge on any atom is -0.331 e. The van der Waals surface area contributed by atoms with Crippen LogP contribution in [0.1, 0.15) is 44.1 Å². The first-order chi connectivity index (χ1) is 6.24. The zero-order valence-electron chi connectivity index (χ0n) is 8.18. The van der Waals surface area contributed by atoms with Gasteiger partial charge in [0.15, 0.2) is 0 Å². The molecule has 72 valence electrons. The van der Waals surface area contributed by atoms with Gasteiger partial charge in [-0.2, -0.15) is 0 Å². The highest BCUT2D eigenvalue weighted by atomic mass is 79.9. The largest absolute Gasteiger partial charge is 0.331 e. The van der Waals surface area contributed by atoms with E-state index in [1.165, 1.54) is 24.4 Å². The summed E-state index contributed by atoms with van der Waals surface area (Å²) in [6.45, 7) is 5.61. The van der Waals surface area contributed by atoms with Crippen LogP contribution in [0.2, 0.25) is 0 Å². The number of fused-ring (bicyclic) bond motifs is 1. The number of nitrogens with zero attached hydrogens (tertiary/aromatic N) is 2. The van der Waals surface area contributed by atoms with E-state index in [4.69, 9.17) is 0 Å². The third-order valence-electron chi connectivity index (χ3n) is 2.84. The van der Waals surface area contributed by atoms with Crippen LogP contribution in [-0.2, 0) is 13.0 Å². The number of rotatable bonds is 1. The van der Waals surface area contributed by atoms with E-state index in [0.717, 1.165) is 17.6 Å². The first-order valence-corrected chi connectivity index (χ1v) is 5.78. The number of hydrogen-bond donors (Lipinski definition) is 0. The van der Waals surface area contributed by atoms with Gasteiger partial charge in [-0.3, -0.25) is 0 Å². The highest BCUT2D eigenvalue weighted by molar-refractivity contribution is 9.10. The van der Waals surface area contributed by atoms with E-state index < -0.39 is 0 Å². The zero-order chi connectivity index (χ0) is 9.42. The van der Waals surface area contributed by atoms with Crippen LogP contribution in [0.15, 0.2) is 4.60 Å². The van der Waals surface area contributed by atoms with Gasteiger partial charge in [0.25, 0.3) is 0 Å². The fourth-order valence-corrected chi connectivity index (χ4v) is 2.97. The molecule has 2 rings (SSSR count). The minimum absolute atomic E-state index is 0.663. The molecule has 0 saturated heterocycles. The topological polar surface area (TPSA) is 17.8 Å². The van der Waals surface area contributed by atoms with E-state index in [2.05, 4.69) is 39.3 Å². The highest BCUT2D eigenvalue weighted by Gasteiger charge is 2.22. The highest BCUT2D eigenvalue weighted by Crippen LogP contribution is 2.33. The molecule has 0 N–H and O–H groups in total. The molecule has 0 radical (unpaired) electrons. The quantitative estimate of drug-likeness (QED) is 0.741. The molecule has 0 aliphatic carbocycles. The number of hydrogen-bond acceptors (Lipinski definition) is 1. The van der Waals surface area contributed by atoms with Crippen LogP contribution in [0.25, 0.3) is 0 Å². The van der Waals surface area contributed by atoms with E-state index in [1.807, 2.05) is 0 Å². The monoisotopic (exact) mass is 242 g/mol. The van der Waals surface area contributed by atoms with E-state index >= 15 is 0 Å². The third kappa shape index (κ3) is 1.43. The van der Waals surface area contributed by atoms with Crippen molar-refractivity contribution in [2.75, 3.05) is 0 Å². The number of halogens is 1. The van der Waals surface area contributed by atoms with Crippen LogP contribution < -0.4 is 0 Å². The lowest BCUT2D eigenvalue weighted by Gasteiger charge is -2.22. The summed E-state index contributed by atoms with van der Waals surface area (Å²) in [6, 6.07) is 0. The molecule has 1 aromatic rings. The first kappa shape index (κ1) is 9.25. The van der Waals surface area contributed by atoms with Gasteiger partial charge in [0, 0.05) is 13.0 Å². The van der Waals surface area contributed by atoms with Crippen molar-refractivity contribution in [3.8, 4) is 0 Å². The minimum atomic E-state index is 0.663. The van der Waals surface area contributed by atoms with Crippen molar-refractivity contribution in [1.29, 1.82) is 0 Å². The van der Waals surface area contributed by atoms with Gasteiger partial charge in [0.2, 0.25) is 0 Å². The van der Waals surface area contributed by atoms with Crippen LogP contribution in [-0.4, -0.2) is 9.55 Å². The van der Waals surface area contributed by atoms with Gasteiger partial charge in [0.05, 0.1) is 5.69 Å². The van der Waals surface area contributed by atoms with Gasteiger partial charge in [-0.1, -0.05) is 13.8 Å². The van der Waals surface area contributed by atoms with Crippen molar-refractivity contribution >= 4 is 15.9 Å². The Hall–Kier alpha value is -0.310. The molecular formula is C10H15BrN2. The molecule has 2 heterocycles. The van der Waals surface area contributed by atoms with Crippen molar-refractivity contribution in [2.45, 2.75) is 45.6 Å². The van der Waals surface area contributed by atoms with E-state index in [0.29, 0.717) is 5.92 Å². The van der Waals surface area contributed by atoms with Crippen molar-refractivity contribution in [3.05, 3.63) is 16.1 Å². The van der Waals surface area contributed by atoms with E-state index in [-0.39, 0.29) is 0 Å². The van der Waals surface area contributed by atoms with Crippen molar-refractivity contribution in [2.24, 2.45) is 0 Å². The standard InChI is InChI=1S/C10H15BrN2/c1-3-8-12-10(11)9-7(2)5-4-6-13(8)9/h7H,3-6H2,1-2H3. The molecule has 0 amide bonds. The molecular weight excluding hydrogens is 228 g/mol. The Balaban J connectivity index is 2.51. The maximum absolute atomic E-state index is 4.54. The molecule has 1 unspecified atom stereocenters. The molecule has 1 atom stereocenters. The number of imidazole rings is 1. The average Bonchev–Trinajstić information content (AvgIpc) is 2.44. The molecule has 3 heteroatoms. The van der Waals surface area contributed by atoms with Crippen LogP contribution in [0.3, 0.4) is 0 Å². The summed E-state index contributed by atoms with van der Waals surface area (Å²) in [5.41, 5.74) is 1.41. The molecule has 1 aliphatic rings. The van der Waals surface area contributed by atoms with Gasteiger partial charge in [-0.05, 0) is 34.7 Å². The lowest BCUT2D eigenvalue weighted by Crippen LogP contribution is -2.15. The lowest BCUT2D eigenvalue weighted by molar-refractivity contribution is 0.463. The van der Waals surface area contributed by atoms with Gasteiger partial charge in [-0.15, -0.1) is 0 Å². The molecule has 1 aromatic heterocycles. The number of aryl methyl sites for hydroxylation is 1. The third-order valence-corrected chi connectivity index (χ3v) is 3.43. The van der Waals surface area contributed by atoms with Crippen molar-refractivity contribution in [3.63, 3.8) is 0 Å². The molecule has 0 bridgehead atoms. The normalized spacial score (nSPS) is 21.6. The average molecular weight is 243 g/mol. The zero-order valence-corrected chi connectivity index (χ0v) is 9.76.